The molecule has 0 aliphatic heterocycles. The van der Waals surface area contributed by atoms with E-state index < -0.39 is 0 Å². The summed E-state index contributed by atoms with van der Waals surface area (Å²) < 4.78 is 0.356. The molecule has 0 radical (unpaired) electrons. The predicted molar refractivity (Wildman–Crippen MR) is 67.3 cm³/mol. The van der Waals surface area contributed by atoms with Crippen molar-refractivity contribution in [2.24, 2.45) is 0 Å². The van der Waals surface area contributed by atoms with Crippen LogP contribution in [-0.2, 0) is 0 Å². The van der Waals surface area contributed by atoms with Crippen LogP contribution >= 0.6 is 27.5 Å². The Labute approximate surface area is 105 Å². The van der Waals surface area contributed by atoms with Crippen LogP contribution in [0.1, 0.15) is 0 Å². The van der Waals surface area contributed by atoms with Gasteiger partial charge >= 0.3 is 0 Å². The van der Waals surface area contributed by atoms with Gasteiger partial charge in [0.15, 0.2) is 5.82 Å². The van der Waals surface area contributed by atoms with Crippen molar-refractivity contribution >= 4 is 39.0 Å². The Morgan fingerprint density at radius 3 is 3.00 bits per heavy atom. The van der Waals surface area contributed by atoms with Gasteiger partial charge in [0.1, 0.15) is 4.47 Å². The highest BCUT2D eigenvalue weighted by Crippen LogP contribution is 2.21. The maximum absolute atomic E-state index is 11.3. The van der Waals surface area contributed by atoms with Gasteiger partial charge in [-0.05, 0) is 34.1 Å². The first kappa shape index (κ1) is 11.2. The lowest BCUT2D eigenvalue weighted by Gasteiger charge is -2.06. The lowest BCUT2D eigenvalue weighted by Crippen LogP contribution is -2.09. The summed E-state index contributed by atoms with van der Waals surface area (Å²) in [7, 11) is 0. The monoisotopic (exact) mass is 299 g/mol. The highest BCUT2D eigenvalue weighted by molar-refractivity contribution is 9.10. The van der Waals surface area contributed by atoms with Crippen molar-refractivity contribution in [2.75, 3.05) is 5.32 Å². The highest BCUT2D eigenvalue weighted by Gasteiger charge is 2.05. The van der Waals surface area contributed by atoms with E-state index in [0.29, 0.717) is 15.3 Å². The van der Waals surface area contributed by atoms with Gasteiger partial charge in [-0.2, -0.15) is 0 Å². The third-order valence-corrected chi connectivity index (χ3v) is 2.85. The van der Waals surface area contributed by atoms with Gasteiger partial charge in [0.05, 0.1) is 6.33 Å². The summed E-state index contributed by atoms with van der Waals surface area (Å²) in [5.74, 6) is 0.450. The number of anilines is 2. The minimum Gasteiger partial charge on any atom is -0.339 e. The fraction of sp³-hybridized carbons (Fsp3) is 0. The molecule has 2 rings (SSSR count). The largest absolute Gasteiger partial charge is 0.339 e. The second kappa shape index (κ2) is 4.67. The second-order valence-corrected chi connectivity index (χ2v) is 4.26. The number of rotatable bonds is 2. The molecule has 0 spiro atoms. The fourth-order valence-corrected chi connectivity index (χ4v) is 1.68. The van der Waals surface area contributed by atoms with E-state index >= 15 is 0 Å². The third kappa shape index (κ3) is 2.43. The summed E-state index contributed by atoms with van der Waals surface area (Å²) in [5.41, 5.74) is 0.533. The number of aromatic amines is 1. The zero-order chi connectivity index (χ0) is 11.5. The molecule has 0 unspecified atom stereocenters. The minimum atomic E-state index is -0.237. The van der Waals surface area contributed by atoms with Gasteiger partial charge in [0, 0.05) is 10.7 Å². The smallest absolute Gasteiger partial charge is 0.267 e. The quantitative estimate of drug-likeness (QED) is 0.896. The number of nitrogens with zero attached hydrogens (tertiary/aromatic N) is 1. The van der Waals surface area contributed by atoms with Crippen LogP contribution in [-0.4, -0.2) is 9.97 Å². The molecule has 0 saturated heterocycles. The van der Waals surface area contributed by atoms with E-state index in [4.69, 9.17) is 11.6 Å². The molecular weight excluding hydrogens is 293 g/mol. The van der Waals surface area contributed by atoms with E-state index in [2.05, 4.69) is 31.2 Å². The van der Waals surface area contributed by atoms with E-state index in [1.807, 2.05) is 12.1 Å². The van der Waals surface area contributed by atoms with Crippen LogP contribution < -0.4 is 10.9 Å². The van der Waals surface area contributed by atoms with E-state index in [1.54, 1.807) is 12.1 Å². The Balaban J connectivity index is 2.34. The summed E-state index contributed by atoms with van der Waals surface area (Å²) in [6.07, 6.45) is 1.33. The lowest BCUT2D eigenvalue weighted by molar-refractivity contribution is 1.10. The minimum absolute atomic E-state index is 0.237. The molecule has 0 amide bonds. The molecule has 2 N–H and O–H groups in total. The van der Waals surface area contributed by atoms with Crippen LogP contribution in [0.2, 0.25) is 5.02 Å². The number of nitrogens with one attached hydrogen (secondary N) is 2. The van der Waals surface area contributed by atoms with E-state index in [9.17, 15) is 4.79 Å². The van der Waals surface area contributed by atoms with E-state index in [1.165, 1.54) is 6.33 Å². The molecule has 16 heavy (non-hydrogen) atoms. The van der Waals surface area contributed by atoms with Crippen LogP contribution in [0.3, 0.4) is 0 Å². The van der Waals surface area contributed by atoms with Crippen molar-refractivity contribution in [2.45, 2.75) is 0 Å². The van der Waals surface area contributed by atoms with Crippen LogP contribution in [0.4, 0.5) is 11.5 Å². The van der Waals surface area contributed by atoms with Crippen molar-refractivity contribution in [3.05, 3.63) is 50.4 Å². The van der Waals surface area contributed by atoms with Gasteiger partial charge in [-0.1, -0.05) is 17.7 Å². The van der Waals surface area contributed by atoms with E-state index in [0.717, 1.165) is 5.69 Å². The Morgan fingerprint density at radius 2 is 2.25 bits per heavy atom. The predicted octanol–water partition coefficient (Wildman–Crippen LogP) is 2.93. The topological polar surface area (TPSA) is 57.8 Å². The first-order chi connectivity index (χ1) is 7.66. The number of benzene rings is 1. The molecule has 0 aliphatic rings. The fourth-order valence-electron chi connectivity index (χ4n) is 1.17. The van der Waals surface area contributed by atoms with Crippen LogP contribution in [0, 0.1) is 0 Å². The summed E-state index contributed by atoms with van der Waals surface area (Å²) in [5, 5.41) is 3.61. The average Bonchev–Trinajstić information content (AvgIpc) is 2.25. The molecule has 1 heterocycles. The molecule has 1 aromatic heterocycles. The number of hydrogen-bond acceptors (Lipinski definition) is 3. The number of hydrogen-bond donors (Lipinski definition) is 2. The van der Waals surface area contributed by atoms with Crippen molar-refractivity contribution in [3.8, 4) is 0 Å². The molecule has 4 nitrogen and oxygen atoms in total. The van der Waals surface area contributed by atoms with Crippen LogP contribution in [0.25, 0.3) is 0 Å². The molecule has 0 saturated carbocycles. The number of halogens is 2. The normalized spacial score (nSPS) is 10.1. The Morgan fingerprint density at radius 1 is 1.44 bits per heavy atom. The standard InChI is InChI=1S/C10H7BrClN3O/c11-8-9(13-5-14-10(8)16)15-7-3-1-2-6(12)4-7/h1-5H,(H2,13,14,15,16). The molecule has 82 valence electrons. The van der Waals surface area contributed by atoms with Crippen LogP contribution in [0.15, 0.2) is 39.9 Å². The molecule has 1 aromatic carbocycles. The van der Waals surface area contributed by atoms with Gasteiger partial charge in [0.2, 0.25) is 0 Å². The maximum atomic E-state index is 11.3. The van der Waals surface area contributed by atoms with E-state index in [-0.39, 0.29) is 5.56 Å². The van der Waals surface area contributed by atoms with Gasteiger partial charge in [-0.15, -0.1) is 0 Å². The summed E-state index contributed by atoms with van der Waals surface area (Å²) in [6.45, 7) is 0. The molecular formula is C10H7BrClN3O. The van der Waals surface area contributed by atoms with Crippen molar-refractivity contribution in [1.82, 2.24) is 9.97 Å². The van der Waals surface area contributed by atoms with Crippen molar-refractivity contribution in [3.63, 3.8) is 0 Å². The van der Waals surface area contributed by atoms with Gasteiger partial charge in [-0.25, -0.2) is 4.98 Å². The second-order valence-electron chi connectivity index (χ2n) is 3.03. The molecule has 2 aromatic rings. The highest BCUT2D eigenvalue weighted by atomic mass is 79.9. The third-order valence-electron chi connectivity index (χ3n) is 1.88. The Hall–Kier alpha value is -1.33. The molecule has 0 aliphatic carbocycles. The Kier molecular flexibility index (Phi) is 3.26. The summed E-state index contributed by atoms with van der Waals surface area (Å²) in [6, 6.07) is 7.16. The molecule has 0 fully saturated rings. The van der Waals surface area contributed by atoms with Crippen molar-refractivity contribution < 1.29 is 0 Å². The first-order valence-corrected chi connectivity index (χ1v) is 5.59. The van der Waals surface area contributed by atoms with Gasteiger partial charge < -0.3 is 10.3 Å². The zero-order valence-corrected chi connectivity index (χ0v) is 10.3. The van der Waals surface area contributed by atoms with Gasteiger partial charge in [0.25, 0.3) is 5.56 Å². The molecule has 0 atom stereocenters. The number of aromatic nitrogens is 2. The molecule has 6 heteroatoms. The maximum Gasteiger partial charge on any atom is 0.267 e. The van der Waals surface area contributed by atoms with Crippen LogP contribution in [0.5, 0.6) is 0 Å². The first-order valence-electron chi connectivity index (χ1n) is 4.42. The summed E-state index contributed by atoms with van der Waals surface area (Å²) in [4.78, 5) is 17.8. The van der Waals surface area contributed by atoms with Gasteiger partial charge in [-0.3, -0.25) is 4.79 Å². The van der Waals surface area contributed by atoms with Crippen molar-refractivity contribution in [1.29, 1.82) is 0 Å². The SMILES string of the molecule is O=c1[nH]cnc(Nc2cccc(Cl)c2)c1Br. The number of H-pyrrole nitrogens is 1. The summed E-state index contributed by atoms with van der Waals surface area (Å²) >= 11 is 9.00. The average molecular weight is 301 g/mol. The lowest BCUT2D eigenvalue weighted by atomic mass is 10.3. The Bertz CT molecular complexity index is 570. The molecule has 0 bridgehead atoms. The zero-order valence-electron chi connectivity index (χ0n) is 8.00.